The normalized spacial score (nSPS) is 12.8. The van der Waals surface area contributed by atoms with Gasteiger partial charge in [-0.05, 0) is 57.8 Å². The Morgan fingerprint density at radius 1 is 0.458 bits per heavy atom. The van der Waals surface area contributed by atoms with Crippen LogP contribution in [0, 0.1) is 0 Å². The maximum Gasteiger partial charge on any atom is 0.305 e. The Labute approximate surface area is 367 Å². The monoisotopic (exact) mass is 832 g/mol. The van der Waals surface area contributed by atoms with E-state index in [4.69, 9.17) is 4.74 Å². The number of nitrogens with one attached hydrogen (secondary N) is 1. The number of unbranched alkanes of at least 4 members (excludes halogenated alkanes) is 35. The van der Waals surface area contributed by atoms with E-state index in [2.05, 4.69) is 31.3 Å². The van der Waals surface area contributed by atoms with Gasteiger partial charge >= 0.3 is 5.97 Å². The van der Waals surface area contributed by atoms with E-state index in [1.807, 2.05) is 6.08 Å². The van der Waals surface area contributed by atoms with Crippen molar-refractivity contribution in [1.29, 1.82) is 0 Å². The van der Waals surface area contributed by atoms with Gasteiger partial charge in [-0.1, -0.05) is 231 Å². The van der Waals surface area contributed by atoms with Crippen molar-refractivity contribution in [1.82, 2.24) is 5.32 Å². The van der Waals surface area contributed by atoms with Gasteiger partial charge in [0, 0.05) is 12.8 Å². The summed E-state index contributed by atoms with van der Waals surface area (Å²) in [6.07, 6.45) is 57.5. The first-order valence-electron chi connectivity index (χ1n) is 26.1. The summed E-state index contributed by atoms with van der Waals surface area (Å²) in [7, 11) is 0. The van der Waals surface area contributed by atoms with Gasteiger partial charge in [-0.3, -0.25) is 9.59 Å². The van der Waals surface area contributed by atoms with Crippen LogP contribution in [0.2, 0.25) is 0 Å². The van der Waals surface area contributed by atoms with Gasteiger partial charge in [0.05, 0.1) is 25.4 Å². The molecule has 3 N–H and O–H groups in total. The Hall–Kier alpha value is -1.66. The lowest BCUT2D eigenvalue weighted by atomic mass is 10.0. The van der Waals surface area contributed by atoms with Crippen molar-refractivity contribution >= 4 is 11.9 Å². The molecule has 59 heavy (non-hydrogen) atoms. The van der Waals surface area contributed by atoms with Crippen molar-refractivity contribution in [2.45, 2.75) is 289 Å². The van der Waals surface area contributed by atoms with E-state index in [0.29, 0.717) is 19.4 Å². The number of carbonyl (C=O) groups excluding carboxylic acids is 2. The van der Waals surface area contributed by atoms with Crippen LogP contribution in [-0.2, 0) is 14.3 Å². The number of allylic oxidation sites excluding steroid dienone is 3. The van der Waals surface area contributed by atoms with Gasteiger partial charge in [0.15, 0.2) is 0 Å². The van der Waals surface area contributed by atoms with Gasteiger partial charge in [-0.2, -0.15) is 0 Å². The summed E-state index contributed by atoms with van der Waals surface area (Å²) in [6.45, 7) is 4.88. The molecule has 348 valence electrons. The minimum absolute atomic E-state index is 0.00238. The summed E-state index contributed by atoms with van der Waals surface area (Å²) < 4.78 is 5.46. The fourth-order valence-corrected chi connectivity index (χ4v) is 7.92. The number of amides is 1. The highest BCUT2D eigenvalue weighted by molar-refractivity contribution is 5.76. The fourth-order valence-electron chi connectivity index (χ4n) is 7.92. The maximum absolute atomic E-state index is 12.4. The molecule has 0 saturated heterocycles. The second-order valence-corrected chi connectivity index (χ2v) is 17.9. The predicted octanol–water partition coefficient (Wildman–Crippen LogP) is 15.5. The number of carbonyl (C=O) groups is 2. The zero-order chi connectivity index (χ0) is 43.0. The summed E-state index contributed by atoms with van der Waals surface area (Å²) in [5, 5.41) is 23.0. The molecule has 6 heteroatoms. The van der Waals surface area contributed by atoms with Crippen molar-refractivity contribution in [2.24, 2.45) is 0 Å². The molecular formula is C53H101NO5. The smallest absolute Gasteiger partial charge is 0.305 e. The van der Waals surface area contributed by atoms with Gasteiger partial charge in [0.1, 0.15) is 0 Å². The van der Waals surface area contributed by atoms with Crippen molar-refractivity contribution in [3.63, 3.8) is 0 Å². The number of aliphatic hydroxyl groups is 2. The van der Waals surface area contributed by atoms with Crippen LogP contribution in [0.3, 0.4) is 0 Å². The molecule has 2 atom stereocenters. The lowest BCUT2D eigenvalue weighted by molar-refractivity contribution is -0.143. The lowest BCUT2D eigenvalue weighted by Gasteiger charge is -2.20. The largest absolute Gasteiger partial charge is 0.466 e. The molecule has 0 aromatic rings. The minimum Gasteiger partial charge on any atom is -0.466 e. The average molecular weight is 832 g/mol. The summed E-state index contributed by atoms with van der Waals surface area (Å²) >= 11 is 0. The van der Waals surface area contributed by atoms with Crippen molar-refractivity contribution < 1.29 is 24.5 Å². The molecule has 0 spiro atoms. The summed E-state index contributed by atoms with van der Waals surface area (Å²) in [4.78, 5) is 24.4. The second-order valence-electron chi connectivity index (χ2n) is 17.9. The molecule has 0 aromatic carbocycles. The third-order valence-electron chi connectivity index (χ3n) is 12.0. The van der Waals surface area contributed by atoms with E-state index in [9.17, 15) is 19.8 Å². The molecular weight excluding hydrogens is 731 g/mol. The number of aliphatic hydroxyl groups excluding tert-OH is 2. The molecule has 0 aliphatic rings. The van der Waals surface area contributed by atoms with Crippen LogP contribution in [0.25, 0.3) is 0 Å². The van der Waals surface area contributed by atoms with Crippen LogP contribution < -0.4 is 5.32 Å². The molecule has 0 heterocycles. The Bertz CT molecular complexity index is 920. The van der Waals surface area contributed by atoms with E-state index in [0.717, 1.165) is 57.8 Å². The molecule has 0 aliphatic heterocycles. The molecule has 0 radical (unpaired) electrons. The molecule has 1 amide bonds. The van der Waals surface area contributed by atoms with Gasteiger partial charge < -0.3 is 20.3 Å². The summed E-state index contributed by atoms with van der Waals surface area (Å²) in [6, 6.07) is -0.636. The standard InChI is InChI=1S/C53H101NO5/c1-3-5-7-9-11-13-15-25-29-33-37-41-45-51(56)50(49-55)54-52(57)46-42-38-34-30-26-23-21-19-17-18-20-22-24-28-32-36-40-44-48-59-53(58)47-43-39-35-31-27-16-14-12-10-8-6-4-2/h19,21,41,45,50-51,55-56H,3-18,20,22-40,42-44,46-49H2,1-2H3,(H,54,57)/b21-19-,45-41+. The SMILES string of the molecule is CCCCCCCCCCCC/C=C/C(O)C(CO)NC(=O)CCCCCCC/C=C\CCCCCCCCCCCOC(=O)CCCCCCCCCCCCCC. The molecule has 6 nitrogen and oxygen atoms in total. The molecule has 0 rings (SSSR count). The van der Waals surface area contributed by atoms with Crippen LogP contribution in [0.1, 0.15) is 277 Å². The number of hydrogen-bond donors (Lipinski definition) is 3. The number of rotatable bonds is 48. The lowest BCUT2D eigenvalue weighted by Crippen LogP contribution is -2.45. The molecule has 2 unspecified atom stereocenters. The van der Waals surface area contributed by atoms with E-state index >= 15 is 0 Å². The van der Waals surface area contributed by atoms with Crippen molar-refractivity contribution in [3.05, 3.63) is 24.3 Å². The zero-order valence-electron chi connectivity index (χ0n) is 39.5. The second kappa shape index (κ2) is 49.0. The third kappa shape index (κ3) is 45.7. The van der Waals surface area contributed by atoms with E-state index in [1.54, 1.807) is 6.08 Å². The van der Waals surface area contributed by atoms with Crippen LogP contribution >= 0.6 is 0 Å². The zero-order valence-corrected chi connectivity index (χ0v) is 39.5. The Morgan fingerprint density at radius 3 is 1.20 bits per heavy atom. The average Bonchev–Trinajstić information content (AvgIpc) is 3.24. The predicted molar refractivity (Wildman–Crippen MR) is 255 cm³/mol. The third-order valence-corrected chi connectivity index (χ3v) is 12.0. The molecule has 0 aliphatic carbocycles. The minimum atomic E-state index is -0.851. The first-order valence-corrected chi connectivity index (χ1v) is 26.1. The van der Waals surface area contributed by atoms with Gasteiger partial charge in [-0.25, -0.2) is 0 Å². The Kier molecular flexibility index (Phi) is 47.6. The molecule has 0 fully saturated rings. The van der Waals surface area contributed by atoms with Gasteiger partial charge in [0.2, 0.25) is 5.91 Å². The fraction of sp³-hybridized carbons (Fsp3) is 0.887. The van der Waals surface area contributed by atoms with Crippen molar-refractivity contribution in [3.8, 4) is 0 Å². The summed E-state index contributed by atoms with van der Waals surface area (Å²) in [5.74, 6) is -0.0808. The van der Waals surface area contributed by atoms with Gasteiger partial charge in [-0.15, -0.1) is 0 Å². The topological polar surface area (TPSA) is 95.9 Å². The van der Waals surface area contributed by atoms with Crippen molar-refractivity contribution in [2.75, 3.05) is 13.2 Å². The van der Waals surface area contributed by atoms with Gasteiger partial charge in [0.25, 0.3) is 0 Å². The quantitative estimate of drug-likeness (QED) is 0.0322. The molecule has 0 bridgehead atoms. The summed E-state index contributed by atoms with van der Waals surface area (Å²) in [5.41, 5.74) is 0. The Balaban J connectivity index is 3.47. The number of ether oxygens (including phenoxy) is 1. The van der Waals surface area contributed by atoms with Crippen LogP contribution in [0.5, 0.6) is 0 Å². The van der Waals surface area contributed by atoms with Crippen LogP contribution in [0.15, 0.2) is 24.3 Å². The first-order chi connectivity index (χ1) is 29.0. The number of hydrogen-bond acceptors (Lipinski definition) is 5. The van der Waals surface area contributed by atoms with E-state index < -0.39 is 12.1 Å². The Morgan fingerprint density at radius 2 is 0.797 bits per heavy atom. The maximum atomic E-state index is 12.4. The molecule has 0 aromatic heterocycles. The van der Waals surface area contributed by atoms with E-state index in [1.165, 1.54) is 193 Å². The van der Waals surface area contributed by atoms with E-state index in [-0.39, 0.29) is 18.5 Å². The first kappa shape index (κ1) is 57.3. The van der Waals surface area contributed by atoms with Crippen LogP contribution in [0.4, 0.5) is 0 Å². The number of esters is 1. The highest BCUT2D eigenvalue weighted by Crippen LogP contribution is 2.15. The van der Waals surface area contributed by atoms with Crippen LogP contribution in [-0.4, -0.2) is 47.4 Å². The highest BCUT2D eigenvalue weighted by Gasteiger charge is 2.18. The highest BCUT2D eigenvalue weighted by atomic mass is 16.5. The molecule has 0 saturated carbocycles.